The molecule has 0 aliphatic carbocycles. The molecule has 0 aromatic carbocycles. The average molecular weight is 321 g/mol. The zero-order valence-electron chi connectivity index (χ0n) is 14.8. The van der Waals surface area contributed by atoms with Crippen LogP contribution in [0.5, 0.6) is 0 Å². The Morgan fingerprint density at radius 3 is 0.900 bits per heavy atom. The summed E-state index contributed by atoms with van der Waals surface area (Å²) >= 11 is 0. The highest BCUT2D eigenvalue weighted by molar-refractivity contribution is 8.74. The summed E-state index contributed by atoms with van der Waals surface area (Å²) in [6.45, 7) is 18.5. The summed E-state index contributed by atoms with van der Waals surface area (Å²) in [6.07, 6.45) is 4.85. The third-order valence-corrected chi connectivity index (χ3v) is 7.39. The Hall–Kier alpha value is 0.620. The quantitative estimate of drug-likeness (QED) is 0.340. The Morgan fingerprint density at radius 1 is 0.550 bits per heavy atom. The third-order valence-electron chi connectivity index (χ3n) is 4.31. The van der Waals surface area contributed by atoms with Gasteiger partial charge >= 0.3 is 0 Å². The summed E-state index contributed by atoms with van der Waals surface area (Å²) in [4.78, 5) is 0. The van der Waals surface area contributed by atoms with E-state index in [2.05, 4.69) is 64.0 Å². The van der Waals surface area contributed by atoms with Gasteiger partial charge in [-0.25, -0.2) is 8.61 Å². The summed E-state index contributed by atoms with van der Waals surface area (Å²) in [5.74, 6) is 0. The molecule has 0 amide bonds. The van der Waals surface area contributed by atoms with Crippen LogP contribution in [-0.2, 0) is 0 Å². The molecule has 4 heteroatoms. The molecule has 0 spiro atoms. The number of hydrogen-bond donors (Lipinski definition) is 0. The molecule has 0 bridgehead atoms. The molecule has 4 atom stereocenters. The van der Waals surface area contributed by atoms with E-state index >= 15 is 0 Å². The minimum atomic E-state index is 0.637. The van der Waals surface area contributed by atoms with Crippen molar-refractivity contribution in [3.8, 4) is 0 Å². The average Bonchev–Trinajstić information content (AvgIpc) is 2.48. The highest BCUT2D eigenvalue weighted by atomic mass is 33.1. The monoisotopic (exact) mass is 320 g/mol. The van der Waals surface area contributed by atoms with Gasteiger partial charge in [-0.15, -0.1) is 0 Å². The van der Waals surface area contributed by atoms with E-state index in [1.54, 1.807) is 0 Å². The Morgan fingerprint density at radius 2 is 0.750 bits per heavy atom. The van der Waals surface area contributed by atoms with Gasteiger partial charge in [-0.05, 0) is 53.4 Å². The number of rotatable bonds is 11. The van der Waals surface area contributed by atoms with Crippen LogP contribution in [0.15, 0.2) is 0 Å². The van der Waals surface area contributed by atoms with Crippen LogP contribution in [0.25, 0.3) is 0 Å². The summed E-state index contributed by atoms with van der Waals surface area (Å²) in [6, 6.07) is 2.55. The van der Waals surface area contributed by atoms with Crippen molar-refractivity contribution in [1.29, 1.82) is 0 Å². The molecular formula is C16H36N2S2. The van der Waals surface area contributed by atoms with Gasteiger partial charge in [0, 0.05) is 46.1 Å². The van der Waals surface area contributed by atoms with Gasteiger partial charge in [0.2, 0.25) is 0 Å². The molecule has 122 valence electrons. The topological polar surface area (TPSA) is 6.48 Å². The molecule has 0 saturated carbocycles. The zero-order valence-corrected chi connectivity index (χ0v) is 16.5. The maximum atomic E-state index is 2.59. The van der Waals surface area contributed by atoms with Crippen molar-refractivity contribution in [3.05, 3.63) is 0 Å². The van der Waals surface area contributed by atoms with Crippen molar-refractivity contribution >= 4 is 22.0 Å². The van der Waals surface area contributed by atoms with Gasteiger partial charge < -0.3 is 0 Å². The highest BCUT2D eigenvalue weighted by Gasteiger charge is 2.24. The second-order valence-corrected chi connectivity index (χ2v) is 7.93. The van der Waals surface area contributed by atoms with Crippen molar-refractivity contribution in [2.24, 2.45) is 0 Å². The lowest BCUT2D eigenvalue weighted by Crippen LogP contribution is -2.37. The van der Waals surface area contributed by atoms with Crippen LogP contribution in [0.3, 0.4) is 0 Å². The van der Waals surface area contributed by atoms with Gasteiger partial charge in [0.25, 0.3) is 0 Å². The van der Waals surface area contributed by atoms with E-state index in [-0.39, 0.29) is 0 Å². The summed E-state index contributed by atoms with van der Waals surface area (Å²) < 4.78 is 5.17. The Labute approximate surface area is 136 Å². The summed E-state index contributed by atoms with van der Waals surface area (Å²) in [5.41, 5.74) is 0. The summed E-state index contributed by atoms with van der Waals surface area (Å²) in [7, 11) is 3.92. The van der Waals surface area contributed by atoms with E-state index in [4.69, 9.17) is 0 Å². The lowest BCUT2D eigenvalue weighted by Gasteiger charge is -2.36. The van der Waals surface area contributed by atoms with Gasteiger partial charge in [0.05, 0.1) is 0 Å². The first kappa shape index (κ1) is 20.6. The number of hydrogen-bond acceptors (Lipinski definition) is 4. The van der Waals surface area contributed by atoms with Crippen molar-refractivity contribution in [2.75, 3.05) is 0 Å². The van der Waals surface area contributed by atoms with Gasteiger partial charge in [-0.2, -0.15) is 0 Å². The smallest absolute Gasteiger partial charge is 0.0183 e. The molecule has 20 heavy (non-hydrogen) atoms. The molecule has 2 nitrogen and oxygen atoms in total. The van der Waals surface area contributed by atoms with Crippen molar-refractivity contribution < 1.29 is 0 Å². The summed E-state index contributed by atoms with van der Waals surface area (Å²) in [5, 5.41) is 0. The van der Waals surface area contributed by atoms with Crippen molar-refractivity contribution in [1.82, 2.24) is 8.61 Å². The fraction of sp³-hybridized carbons (Fsp3) is 1.00. The third kappa shape index (κ3) is 6.59. The molecular weight excluding hydrogens is 284 g/mol. The molecule has 0 aliphatic rings. The molecule has 0 rings (SSSR count). The van der Waals surface area contributed by atoms with E-state index in [1.807, 2.05) is 22.0 Å². The molecule has 0 aromatic rings. The van der Waals surface area contributed by atoms with Gasteiger partial charge in [-0.3, -0.25) is 0 Å². The van der Waals surface area contributed by atoms with E-state index in [0.717, 1.165) is 0 Å². The van der Waals surface area contributed by atoms with Crippen LogP contribution in [0.1, 0.15) is 81.1 Å². The van der Waals surface area contributed by atoms with E-state index in [9.17, 15) is 0 Å². The first-order chi connectivity index (χ1) is 9.42. The largest absolute Gasteiger partial charge is 0.235 e. The fourth-order valence-electron chi connectivity index (χ4n) is 1.96. The predicted molar refractivity (Wildman–Crippen MR) is 97.9 cm³/mol. The standard InChI is InChI=1S/C16H36N2S2/c1-9-13(5)17(14(6)10-2)19-20-18(15(7)11-3)16(8)12-4/h13-16H,9-12H2,1-8H3. The zero-order chi connectivity index (χ0) is 15.7. The Bertz CT molecular complexity index is 195. The van der Waals surface area contributed by atoms with Gasteiger partial charge in [0.1, 0.15) is 0 Å². The molecule has 0 aromatic heterocycles. The first-order valence-electron chi connectivity index (χ1n) is 8.34. The van der Waals surface area contributed by atoms with Crippen molar-refractivity contribution in [2.45, 2.75) is 105 Å². The maximum Gasteiger partial charge on any atom is 0.0183 e. The van der Waals surface area contributed by atoms with Gasteiger partial charge in [-0.1, -0.05) is 27.7 Å². The maximum absolute atomic E-state index is 2.59. The molecule has 0 heterocycles. The highest BCUT2D eigenvalue weighted by Crippen LogP contribution is 2.37. The second kappa shape index (κ2) is 11.2. The predicted octanol–water partition coefficient (Wildman–Crippen LogP) is 6.00. The van der Waals surface area contributed by atoms with E-state index in [1.165, 1.54) is 25.7 Å². The van der Waals surface area contributed by atoms with Crippen molar-refractivity contribution in [3.63, 3.8) is 0 Å². The molecule has 0 saturated heterocycles. The van der Waals surface area contributed by atoms with Crippen LogP contribution in [-0.4, -0.2) is 32.8 Å². The van der Waals surface area contributed by atoms with E-state index < -0.39 is 0 Å². The first-order valence-corrected chi connectivity index (χ1v) is 10.4. The fourth-order valence-corrected chi connectivity index (χ4v) is 5.52. The SMILES string of the molecule is CCC(C)N(SSN(C(C)CC)C(C)CC)C(C)CC. The Kier molecular flexibility index (Phi) is 11.6. The molecule has 0 N–H and O–H groups in total. The van der Waals surface area contributed by atoms with E-state index in [0.29, 0.717) is 24.2 Å². The Balaban J connectivity index is 4.68. The lowest BCUT2D eigenvalue weighted by molar-refractivity contribution is 0.285. The van der Waals surface area contributed by atoms with Crippen LogP contribution < -0.4 is 0 Å². The van der Waals surface area contributed by atoms with Gasteiger partial charge in [0.15, 0.2) is 0 Å². The van der Waals surface area contributed by atoms with Crippen LogP contribution in [0.4, 0.5) is 0 Å². The normalized spacial score (nSPS) is 18.3. The number of nitrogens with zero attached hydrogens (tertiary/aromatic N) is 2. The molecule has 0 aliphatic heterocycles. The lowest BCUT2D eigenvalue weighted by atomic mass is 10.2. The van der Waals surface area contributed by atoms with Crippen LogP contribution >= 0.6 is 22.0 Å². The minimum absolute atomic E-state index is 0.637. The molecule has 0 radical (unpaired) electrons. The minimum Gasteiger partial charge on any atom is -0.235 e. The van der Waals surface area contributed by atoms with Crippen LogP contribution in [0.2, 0.25) is 0 Å². The molecule has 4 unspecified atom stereocenters. The van der Waals surface area contributed by atoms with Crippen LogP contribution in [0, 0.1) is 0 Å². The second-order valence-electron chi connectivity index (χ2n) is 5.90. The molecule has 0 fully saturated rings.